The summed E-state index contributed by atoms with van der Waals surface area (Å²) in [5, 5.41) is 2.80. The van der Waals surface area contributed by atoms with Crippen molar-refractivity contribution in [2.24, 2.45) is 0 Å². The summed E-state index contributed by atoms with van der Waals surface area (Å²) in [6.07, 6.45) is 0.123. The highest BCUT2D eigenvalue weighted by atomic mass is 19.1. The van der Waals surface area contributed by atoms with Crippen LogP contribution in [0.25, 0.3) is 0 Å². The van der Waals surface area contributed by atoms with Crippen LogP contribution in [0.15, 0.2) is 48.5 Å². The predicted octanol–water partition coefficient (Wildman–Crippen LogP) is 3.56. The minimum atomic E-state index is -0.817. The summed E-state index contributed by atoms with van der Waals surface area (Å²) in [6.45, 7) is 3.49. The molecule has 0 fully saturated rings. The molecule has 2 aromatic carbocycles. The van der Waals surface area contributed by atoms with Crippen molar-refractivity contribution in [2.45, 2.75) is 25.8 Å². The van der Waals surface area contributed by atoms with Crippen LogP contribution in [-0.4, -0.2) is 5.91 Å². The van der Waals surface area contributed by atoms with Gasteiger partial charge in [0.2, 0.25) is 5.91 Å². The standard InChI is InChI=1S/C17H17F2NO/c1-17(2,14-5-3-4-6-15(14)19)20-16(21)11-12-7-9-13(18)10-8-12/h3-10H,11H2,1-2H3,(H,20,21). The maximum Gasteiger partial charge on any atom is 0.225 e. The quantitative estimate of drug-likeness (QED) is 0.916. The summed E-state index contributed by atoms with van der Waals surface area (Å²) < 4.78 is 26.6. The number of hydrogen-bond donors (Lipinski definition) is 1. The van der Waals surface area contributed by atoms with Crippen LogP contribution in [0.3, 0.4) is 0 Å². The van der Waals surface area contributed by atoms with E-state index in [1.807, 2.05) is 0 Å². The predicted molar refractivity (Wildman–Crippen MR) is 77.7 cm³/mol. The molecule has 21 heavy (non-hydrogen) atoms. The third kappa shape index (κ3) is 3.88. The van der Waals surface area contributed by atoms with Crippen molar-refractivity contribution in [2.75, 3.05) is 0 Å². The van der Waals surface area contributed by atoms with E-state index in [4.69, 9.17) is 0 Å². The number of carbonyl (C=O) groups excluding carboxylic acids is 1. The first-order valence-corrected chi connectivity index (χ1v) is 6.69. The molecule has 0 aliphatic heterocycles. The van der Waals surface area contributed by atoms with Crippen LogP contribution in [0.4, 0.5) is 8.78 Å². The largest absolute Gasteiger partial charge is 0.347 e. The van der Waals surface area contributed by atoms with Crippen molar-refractivity contribution in [3.05, 3.63) is 71.3 Å². The van der Waals surface area contributed by atoms with Crippen LogP contribution in [0.5, 0.6) is 0 Å². The molecule has 0 radical (unpaired) electrons. The van der Waals surface area contributed by atoms with Gasteiger partial charge in [0.25, 0.3) is 0 Å². The van der Waals surface area contributed by atoms with Gasteiger partial charge in [-0.3, -0.25) is 4.79 Å². The molecule has 0 aliphatic rings. The normalized spacial score (nSPS) is 11.2. The van der Waals surface area contributed by atoms with Crippen molar-refractivity contribution in [3.63, 3.8) is 0 Å². The van der Waals surface area contributed by atoms with Crippen LogP contribution in [0.2, 0.25) is 0 Å². The maximum atomic E-state index is 13.8. The molecule has 2 nitrogen and oxygen atoms in total. The van der Waals surface area contributed by atoms with Crippen LogP contribution < -0.4 is 5.32 Å². The highest BCUT2D eigenvalue weighted by molar-refractivity contribution is 5.79. The van der Waals surface area contributed by atoms with E-state index >= 15 is 0 Å². The van der Waals surface area contributed by atoms with Crippen molar-refractivity contribution in [1.82, 2.24) is 5.32 Å². The van der Waals surface area contributed by atoms with E-state index in [0.29, 0.717) is 11.1 Å². The van der Waals surface area contributed by atoms with Crippen LogP contribution in [-0.2, 0) is 16.8 Å². The number of rotatable bonds is 4. The smallest absolute Gasteiger partial charge is 0.225 e. The Kier molecular flexibility index (Phi) is 4.36. The van der Waals surface area contributed by atoms with Crippen molar-refractivity contribution >= 4 is 5.91 Å². The number of amides is 1. The summed E-state index contributed by atoms with van der Waals surface area (Å²) in [6, 6.07) is 12.1. The molecule has 0 spiro atoms. The fourth-order valence-corrected chi connectivity index (χ4v) is 2.22. The van der Waals surface area contributed by atoms with E-state index in [-0.39, 0.29) is 24.0 Å². The van der Waals surface area contributed by atoms with E-state index in [1.54, 1.807) is 44.2 Å². The average molecular weight is 289 g/mol. The first-order chi connectivity index (χ1) is 9.88. The minimum Gasteiger partial charge on any atom is -0.347 e. The minimum absolute atomic E-state index is 0.123. The molecule has 4 heteroatoms. The zero-order chi connectivity index (χ0) is 15.5. The van der Waals surface area contributed by atoms with Gasteiger partial charge in [0.1, 0.15) is 11.6 Å². The number of halogens is 2. The summed E-state index contributed by atoms with van der Waals surface area (Å²) in [7, 11) is 0. The maximum absolute atomic E-state index is 13.8. The Morgan fingerprint density at radius 1 is 1.05 bits per heavy atom. The molecule has 110 valence electrons. The molecule has 0 bridgehead atoms. The fraction of sp³-hybridized carbons (Fsp3) is 0.235. The number of hydrogen-bond acceptors (Lipinski definition) is 1. The lowest BCUT2D eigenvalue weighted by molar-refractivity contribution is -0.122. The van der Waals surface area contributed by atoms with Gasteiger partial charge in [0, 0.05) is 5.56 Å². The van der Waals surface area contributed by atoms with Gasteiger partial charge < -0.3 is 5.32 Å². The molecule has 0 aromatic heterocycles. The second kappa shape index (κ2) is 6.04. The SMILES string of the molecule is CC(C)(NC(=O)Cc1ccc(F)cc1)c1ccccc1F. The average Bonchev–Trinajstić information content (AvgIpc) is 2.41. The molecule has 0 unspecified atom stereocenters. The number of carbonyl (C=O) groups is 1. The van der Waals surface area contributed by atoms with Gasteiger partial charge in [-0.1, -0.05) is 30.3 Å². The Labute approximate surface area is 122 Å². The number of benzene rings is 2. The van der Waals surface area contributed by atoms with E-state index in [0.717, 1.165) is 0 Å². The molecule has 0 aliphatic carbocycles. The Bertz CT molecular complexity index is 635. The molecular weight excluding hydrogens is 272 g/mol. The van der Waals surface area contributed by atoms with Gasteiger partial charge in [-0.25, -0.2) is 8.78 Å². The van der Waals surface area contributed by atoms with Crippen molar-refractivity contribution in [3.8, 4) is 0 Å². The Balaban J connectivity index is 2.08. The molecule has 0 saturated heterocycles. The summed E-state index contributed by atoms with van der Waals surface area (Å²) in [5.74, 6) is -0.940. The molecule has 1 N–H and O–H groups in total. The van der Waals surface area contributed by atoms with Gasteiger partial charge in [-0.15, -0.1) is 0 Å². The van der Waals surface area contributed by atoms with Gasteiger partial charge in [0.05, 0.1) is 12.0 Å². The van der Waals surface area contributed by atoms with Crippen LogP contribution in [0, 0.1) is 11.6 Å². The van der Waals surface area contributed by atoms with Crippen LogP contribution in [0.1, 0.15) is 25.0 Å². The second-order valence-electron chi connectivity index (χ2n) is 5.46. The topological polar surface area (TPSA) is 29.1 Å². The first-order valence-electron chi connectivity index (χ1n) is 6.69. The fourth-order valence-electron chi connectivity index (χ4n) is 2.22. The Morgan fingerprint density at radius 2 is 1.67 bits per heavy atom. The molecule has 0 heterocycles. The van der Waals surface area contributed by atoms with Crippen molar-refractivity contribution < 1.29 is 13.6 Å². The first kappa shape index (κ1) is 15.2. The highest BCUT2D eigenvalue weighted by Crippen LogP contribution is 2.22. The molecule has 0 atom stereocenters. The highest BCUT2D eigenvalue weighted by Gasteiger charge is 2.25. The lowest BCUT2D eigenvalue weighted by Gasteiger charge is -2.27. The van der Waals surface area contributed by atoms with E-state index in [2.05, 4.69) is 5.32 Å². The van der Waals surface area contributed by atoms with E-state index < -0.39 is 5.54 Å². The van der Waals surface area contributed by atoms with E-state index in [1.165, 1.54) is 18.2 Å². The third-order valence-corrected chi connectivity index (χ3v) is 3.28. The summed E-state index contributed by atoms with van der Waals surface area (Å²) in [5.41, 5.74) is 0.318. The second-order valence-corrected chi connectivity index (χ2v) is 5.46. The summed E-state index contributed by atoms with van der Waals surface area (Å²) >= 11 is 0. The molecule has 1 amide bonds. The zero-order valence-corrected chi connectivity index (χ0v) is 12.0. The van der Waals surface area contributed by atoms with Gasteiger partial charge in [-0.2, -0.15) is 0 Å². The molecule has 0 saturated carbocycles. The lowest BCUT2D eigenvalue weighted by Crippen LogP contribution is -2.42. The van der Waals surface area contributed by atoms with Crippen molar-refractivity contribution in [1.29, 1.82) is 0 Å². The lowest BCUT2D eigenvalue weighted by atomic mass is 9.93. The van der Waals surface area contributed by atoms with Gasteiger partial charge >= 0.3 is 0 Å². The molecule has 2 aromatic rings. The number of nitrogens with one attached hydrogen (secondary N) is 1. The Morgan fingerprint density at radius 3 is 2.29 bits per heavy atom. The molecular formula is C17H17F2NO. The van der Waals surface area contributed by atoms with E-state index in [9.17, 15) is 13.6 Å². The monoisotopic (exact) mass is 289 g/mol. The van der Waals surface area contributed by atoms with Crippen LogP contribution >= 0.6 is 0 Å². The van der Waals surface area contributed by atoms with Gasteiger partial charge in [-0.05, 0) is 37.6 Å². The van der Waals surface area contributed by atoms with Gasteiger partial charge in [0.15, 0.2) is 0 Å². The Hall–Kier alpha value is -2.23. The molecule has 2 rings (SSSR count). The third-order valence-electron chi connectivity index (χ3n) is 3.28. The summed E-state index contributed by atoms with van der Waals surface area (Å²) in [4.78, 5) is 12.1. The zero-order valence-electron chi connectivity index (χ0n) is 12.0.